The third-order valence-electron chi connectivity index (χ3n) is 8.27. The zero-order chi connectivity index (χ0) is 25.8. The van der Waals surface area contributed by atoms with Crippen LogP contribution < -0.4 is 10.2 Å². The van der Waals surface area contributed by atoms with Gasteiger partial charge in [-0.3, -0.25) is 0 Å². The van der Waals surface area contributed by atoms with E-state index in [0.29, 0.717) is 17.5 Å². The van der Waals surface area contributed by atoms with E-state index >= 15 is 0 Å². The van der Waals surface area contributed by atoms with E-state index in [0.717, 1.165) is 42.7 Å². The molecule has 3 atom stereocenters. The standard InChI is InChI=1S/C30H37N7/c1-36(2)24-13-11-21(12-14-24)28(35-32)18-33-16-15-26-25-9-5-6-10-27(25)34-30(26)29-17-22-7-3-4-8-23(22)19-37(29)20-31/h5-6,9-14,18,22-23,29,32-34H,3-4,7-8,15-17,19H2,1-2H3/b28-18-,35-32?. The molecule has 7 heteroatoms. The number of aromatic nitrogens is 1. The van der Waals surface area contributed by atoms with Crippen LogP contribution >= 0.6 is 0 Å². The molecule has 3 N–H and O–H groups in total. The summed E-state index contributed by atoms with van der Waals surface area (Å²) in [5.74, 6) is 1.37. The Morgan fingerprint density at radius 1 is 1.16 bits per heavy atom. The summed E-state index contributed by atoms with van der Waals surface area (Å²) in [4.78, 5) is 7.79. The Morgan fingerprint density at radius 2 is 1.92 bits per heavy atom. The SMILES string of the molecule is CN(C)c1ccc(/C(=C/NCCc2c(C3CC4CCCCC4CN3C#N)[nH]c3ccccc23)N=N)cc1. The molecule has 2 fully saturated rings. The topological polar surface area (TPSA) is 94.3 Å². The minimum Gasteiger partial charge on any atom is -0.389 e. The summed E-state index contributed by atoms with van der Waals surface area (Å²) in [7, 11) is 4.02. The average Bonchev–Trinajstić information content (AvgIpc) is 3.30. The first kappa shape index (κ1) is 24.9. The van der Waals surface area contributed by atoms with Gasteiger partial charge in [-0.05, 0) is 54.9 Å². The number of piperidine rings is 1. The van der Waals surface area contributed by atoms with E-state index < -0.39 is 0 Å². The van der Waals surface area contributed by atoms with Crippen LogP contribution in [0.1, 0.15) is 55.0 Å². The lowest BCUT2D eigenvalue weighted by Crippen LogP contribution is -2.41. The van der Waals surface area contributed by atoms with Crippen molar-refractivity contribution in [2.24, 2.45) is 17.0 Å². The van der Waals surface area contributed by atoms with Crippen molar-refractivity contribution in [3.05, 3.63) is 71.6 Å². The molecule has 2 aliphatic rings. The molecule has 2 aromatic carbocycles. The fourth-order valence-corrected chi connectivity index (χ4v) is 6.26. The van der Waals surface area contributed by atoms with E-state index in [9.17, 15) is 5.26 Å². The minimum atomic E-state index is 0.108. The van der Waals surface area contributed by atoms with Crippen molar-refractivity contribution in [2.75, 3.05) is 32.1 Å². The fraction of sp³-hybridized carbons (Fsp3) is 0.433. The van der Waals surface area contributed by atoms with Gasteiger partial charge in [-0.15, -0.1) is 0 Å². The minimum absolute atomic E-state index is 0.108. The summed E-state index contributed by atoms with van der Waals surface area (Å²) in [6.45, 7) is 1.59. The largest absolute Gasteiger partial charge is 0.389 e. The van der Waals surface area contributed by atoms with Gasteiger partial charge in [0.05, 0.1) is 6.04 Å². The van der Waals surface area contributed by atoms with E-state index in [-0.39, 0.29) is 6.04 Å². The number of rotatable bonds is 8. The second-order valence-corrected chi connectivity index (χ2v) is 10.7. The van der Waals surface area contributed by atoms with E-state index in [4.69, 9.17) is 5.53 Å². The molecule has 1 aliphatic heterocycles. The number of fused-ring (bicyclic) bond motifs is 2. The van der Waals surface area contributed by atoms with Gasteiger partial charge < -0.3 is 20.1 Å². The molecule has 3 unspecified atom stereocenters. The van der Waals surface area contributed by atoms with E-state index in [2.05, 4.69) is 50.8 Å². The highest BCUT2D eigenvalue weighted by molar-refractivity contribution is 5.85. The van der Waals surface area contributed by atoms with Crippen molar-refractivity contribution in [3.8, 4) is 6.19 Å². The third kappa shape index (κ3) is 5.20. The Morgan fingerprint density at radius 3 is 2.65 bits per heavy atom. The summed E-state index contributed by atoms with van der Waals surface area (Å²) < 4.78 is 0. The maximum Gasteiger partial charge on any atom is 0.179 e. The molecule has 7 nitrogen and oxygen atoms in total. The summed E-state index contributed by atoms with van der Waals surface area (Å²) in [6, 6.07) is 16.6. The summed E-state index contributed by atoms with van der Waals surface area (Å²) in [5.41, 5.74) is 13.9. The van der Waals surface area contributed by atoms with Crippen molar-refractivity contribution in [2.45, 2.75) is 44.6 Å². The van der Waals surface area contributed by atoms with Gasteiger partial charge in [0.2, 0.25) is 0 Å². The molecule has 2 heterocycles. The molecule has 0 spiro atoms. The molecule has 0 amide bonds. The van der Waals surface area contributed by atoms with E-state index in [1.54, 1.807) is 0 Å². The Bertz CT molecular complexity index is 1300. The lowest BCUT2D eigenvalue weighted by Gasteiger charge is -2.44. The van der Waals surface area contributed by atoms with Crippen molar-refractivity contribution < 1.29 is 0 Å². The second kappa shape index (κ2) is 11.1. The predicted octanol–water partition coefficient (Wildman–Crippen LogP) is 6.43. The number of H-pyrrole nitrogens is 1. The normalized spacial score (nSPS) is 21.8. The first-order chi connectivity index (χ1) is 18.1. The number of para-hydroxylation sites is 1. The summed E-state index contributed by atoms with van der Waals surface area (Å²) >= 11 is 0. The van der Waals surface area contributed by atoms with Crippen molar-refractivity contribution in [1.29, 1.82) is 10.8 Å². The summed E-state index contributed by atoms with van der Waals surface area (Å²) in [5, 5.41) is 18.4. The molecule has 3 aromatic rings. The van der Waals surface area contributed by atoms with Crippen LogP contribution in [-0.2, 0) is 6.42 Å². The molecular formula is C30H37N7. The molecule has 1 aliphatic carbocycles. The van der Waals surface area contributed by atoms with Gasteiger partial charge in [-0.2, -0.15) is 10.4 Å². The van der Waals surface area contributed by atoms with Crippen molar-refractivity contribution in [1.82, 2.24) is 15.2 Å². The molecule has 0 radical (unpaired) electrons. The van der Waals surface area contributed by atoms with E-state index in [1.165, 1.54) is 42.3 Å². The Balaban J connectivity index is 1.35. The smallest absolute Gasteiger partial charge is 0.179 e. The van der Waals surface area contributed by atoms with Crippen LogP contribution in [0, 0.1) is 28.8 Å². The first-order valence-electron chi connectivity index (χ1n) is 13.4. The molecule has 37 heavy (non-hydrogen) atoms. The Kier molecular flexibility index (Phi) is 7.45. The van der Waals surface area contributed by atoms with Crippen LogP contribution in [0.25, 0.3) is 16.6 Å². The second-order valence-electron chi connectivity index (χ2n) is 10.7. The number of likely N-dealkylation sites (tertiary alicyclic amines) is 1. The summed E-state index contributed by atoms with van der Waals surface area (Å²) in [6.07, 6.45) is 11.4. The molecular weight excluding hydrogens is 458 g/mol. The highest BCUT2D eigenvalue weighted by Gasteiger charge is 2.38. The fourth-order valence-electron chi connectivity index (χ4n) is 6.26. The Hall–Kier alpha value is -3.79. The zero-order valence-corrected chi connectivity index (χ0v) is 21.9. The monoisotopic (exact) mass is 495 g/mol. The van der Waals surface area contributed by atoms with E-state index in [1.807, 2.05) is 49.5 Å². The predicted molar refractivity (Wildman–Crippen MR) is 149 cm³/mol. The molecule has 1 saturated heterocycles. The highest BCUT2D eigenvalue weighted by Crippen LogP contribution is 2.44. The van der Waals surface area contributed by atoms with Gasteiger partial charge in [-0.1, -0.05) is 49.6 Å². The van der Waals surface area contributed by atoms with Gasteiger partial charge in [0.15, 0.2) is 6.19 Å². The molecule has 192 valence electrons. The molecule has 0 bridgehead atoms. The molecule has 1 saturated carbocycles. The van der Waals surface area contributed by atoms with Crippen molar-refractivity contribution in [3.63, 3.8) is 0 Å². The maximum atomic E-state index is 10.0. The highest BCUT2D eigenvalue weighted by atomic mass is 15.2. The number of anilines is 1. The van der Waals surface area contributed by atoms with Crippen LogP contribution in [0.15, 0.2) is 59.8 Å². The van der Waals surface area contributed by atoms with Gasteiger partial charge in [-0.25, -0.2) is 5.53 Å². The van der Waals surface area contributed by atoms with Gasteiger partial charge in [0, 0.05) is 61.2 Å². The number of nitriles is 1. The average molecular weight is 496 g/mol. The van der Waals surface area contributed by atoms with Gasteiger partial charge >= 0.3 is 0 Å². The quantitative estimate of drug-likeness (QED) is 0.191. The Labute approximate surface area is 219 Å². The number of hydrogen-bond donors (Lipinski definition) is 3. The van der Waals surface area contributed by atoms with Crippen LogP contribution in [0.2, 0.25) is 0 Å². The lowest BCUT2D eigenvalue weighted by molar-refractivity contribution is 0.0747. The number of benzene rings is 2. The van der Waals surface area contributed by atoms with Crippen molar-refractivity contribution >= 4 is 22.3 Å². The number of hydrogen-bond acceptors (Lipinski definition) is 6. The maximum absolute atomic E-state index is 10.0. The number of nitrogens with one attached hydrogen (secondary N) is 3. The third-order valence-corrected chi connectivity index (χ3v) is 8.27. The first-order valence-corrected chi connectivity index (χ1v) is 13.4. The van der Waals surface area contributed by atoms with Gasteiger partial charge in [0.1, 0.15) is 5.70 Å². The molecule has 5 rings (SSSR count). The van der Waals surface area contributed by atoms with Crippen LogP contribution in [-0.4, -0.2) is 37.1 Å². The van der Waals surface area contributed by atoms with Gasteiger partial charge in [0.25, 0.3) is 0 Å². The van der Waals surface area contributed by atoms with Crippen LogP contribution in [0.3, 0.4) is 0 Å². The van der Waals surface area contributed by atoms with Crippen LogP contribution in [0.5, 0.6) is 0 Å². The lowest BCUT2D eigenvalue weighted by atomic mass is 9.72. The zero-order valence-electron chi connectivity index (χ0n) is 21.9. The van der Waals surface area contributed by atoms with Crippen LogP contribution in [0.4, 0.5) is 5.69 Å². The molecule has 1 aromatic heterocycles. The number of aromatic amines is 1. The number of nitrogens with zero attached hydrogens (tertiary/aromatic N) is 4.